The summed E-state index contributed by atoms with van der Waals surface area (Å²) in [4.78, 5) is 46.2. The van der Waals surface area contributed by atoms with Gasteiger partial charge in [-0.15, -0.1) is 0 Å². The van der Waals surface area contributed by atoms with Gasteiger partial charge >= 0.3 is 11.9 Å². The minimum absolute atomic E-state index is 0.174. The van der Waals surface area contributed by atoms with Gasteiger partial charge in [0.2, 0.25) is 0 Å². The second kappa shape index (κ2) is 29.8. The molecule has 0 N–H and O–H groups in total. The Morgan fingerprint density at radius 1 is 0.595 bits per heavy atom. The third-order valence-corrected chi connectivity index (χ3v) is 7.74. The van der Waals surface area contributed by atoms with E-state index in [2.05, 4.69) is 30.5 Å². The molecule has 0 bridgehead atoms. The SMILES string of the molecule is CCCCCC/C=C\CCCCCCCC(=O)O[C@H](COC(=O)CCCCCCCCCCCCC)COP(=O)([O-])[O-]. The van der Waals surface area contributed by atoms with Crippen LogP contribution in [0.3, 0.4) is 0 Å². The first-order valence-corrected chi connectivity index (χ1v) is 18.4. The molecule has 0 saturated carbocycles. The quantitative estimate of drug-likeness (QED) is 0.0330. The van der Waals surface area contributed by atoms with E-state index in [9.17, 15) is 23.9 Å². The number of hydrogen-bond donors (Lipinski definition) is 0. The molecule has 0 amide bonds. The summed E-state index contributed by atoms with van der Waals surface area (Å²) in [6.45, 7) is 3.44. The van der Waals surface area contributed by atoms with E-state index in [0.717, 1.165) is 51.4 Å². The summed E-state index contributed by atoms with van der Waals surface area (Å²) >= 11 is 0. The van der Waals surface area contributed by atoms with Crippen molar-refractivity contribution in [3.05, 3.63) is 12.2 Å². The Hall–Kier alpha value is -1.21. The van der Waals surface area contributed by atoms with E-state index in [1.54, 1.807) is 0 Å². The van der Waals surface area contributed by atoms with Crippen LogP contribution < -0.4 is 9.79 Å². The van der Waals surface area contributed by atoms with Crippen LogP contribution in [0.5, 0.6) is 0 Å². The first kappa shape index (κ1) is 40.8. The molecule has 0 heterocycles. The lowest BCUT2D eigenvalue weighted by atomic mass is 10.1. The maximum atomic E-state index is 12.3. The highest BCUT2D eigenvalue weighted by Gasteiger charge is 2.18. The molecule has 0 fully saturated rings. The fraction of sp³-hybridized carbons (Fsp3) is 0.879. The summed E-state index contributed by atoms with van der Waals surface area (Å²) in [5.41, 5.74) is 0. The van der Waals surface area contributed by atoms with Crippen LogP contribution in [0.1, 0.15) is 168 Å². The van der Waals surface area contributed by atoms with Crippen molar-refractivity contribution < 1.29 is 37.9 Å². The van der Waals surface area contributed by atoms with Crippen LogP contribution >= 0.6 is 7.82 Å². The number of carbonyl (C=O) groups excluding carboxylic acids is 2. The van der Waals surface area contributed by atoms with Crippen molar-refractivity contribution in [2.24, 2.45) is 0 Å². The summed E-state index contributed by atoms with van der Waals surface area (Å²) in [5.74, 6) is -0.964. The number of esters is 2. The van der Waals surface area contributed by atoms with E-state index >= 15 is 0 Å². The average molecular weight is 617 g/mol. The third-order valence-electron chi connectivity index (χ3n) is 7.27. The molecule has 0 aliphatic rings. The van der Waals surface area contributed by atoms with Gasteiger partial charge < -0.3 is 28.3 Å². The number of unbranched alkanes of at least 4 members (excludes halogenated alkanes) is 19. The van der Waals surface area contributed by atoms with Crippen LogP contribution in [-0.2, 0) is 28.2 Å². The molecule has 42 heavy (non-hydrogen) atoms. The Bertz CT molecular complexity index is 706. The fourth-order valence-corrected chi connectivity index (χ4v) is 5.06. The van der Waals surface area contributed by atoms with Gasteiger partial charge in [-0.05, 0) is 38.5 Å². The first-order valence-electron chi connectivity index (χ1n) is 16.9. The molecular weight excluding hydrogens is 555 g/mol. The van der Waals surface area contributed by atoms with Crippen LogP contribution in [0, 0.1) is 0 Å². The summed E-state index contributed by atoms with van der Waals surface area (Å²) in [6, 6.07) is 0. The lowest BCUT2D eigenvalue weighted by Crippen LogP contribution is -2.31. The van der Waals surface area contributed by atoms with Crippen molar-refractivity contribution in [1.82, 2.24) is 0 Å². The Balaban J connectivity index is 4.02. The van der Waals surface area contributed by atoms with Gasteiger partial charge in [0.05, 0.1) is 14.4 Å². The summed E-state index contributed by atoms with van der Waals surface area (Å²) in [6.07, 6.45) is 28.9. The highest BCUT2D eigenvalue weighted by atomic mass is 31.2. The highest BCUT2D eigenvalue weighted by Crippen LogP contribution is 2.25. The van der Waals surface area contributed by atoms with Gasteiger partial charge in [-0.1, -0.05) is 129 Å². The zero-order valence-corrected chi connectivity index (χ0v) is 27.7. The van der Waals surface area contributed by atoms with Gasteiger partial charge in [-0.3, -0.25) is 9.59 Å². The van der Waals surface area contributed by atoms with E-state index in [0.29, 0.717) is 12.8 Å². The molecule has 9 heteroatoms. The number of hydrogen-bond acceptors (Lipinski definition) is 8. The summed E-state index contributed by atoms with van der Waals surface area (Å²) in [5, 5.41) is 0. The molecule has 0 aromatic rings. The molecule has 0 rings (SSSR count). The fourth-order valence-electron chi connectivity index (χ4n) is 4.71. The van der Waals surface area contributed by atoms with E-state index in [1.165, 1.54) is 77.0 Å². The molecule has 0 aromatic heterocycles. The molecular formula is C33H61O8P-2. The second-order valence-electron chi connectivity index (χ2n) is 11.5. The normalized spacial score (nSPS) is 12.6. The zero-order valence-electron chi connectivity index (χ0n) is 26.8. The van der Waals surface area contributed by atoms with E-state index in [1.807, 2.05) is 0 Å². The van der Waals surface area contributed by atoms with E-state index < -0.39 is 32.5 Å². The lowest BCUT2D eigenvalue weighted by molar-refractivity contribution is -0.343. The van der Waals surface area contributed by atoms with Gasteiger partial charge in [0.15, 0.2) is 6.10 Å². The third kappa shape index (κ3) is 31.7. The molecule has 8 nitrogen and oxygen atoms in total. The van der Waals surface area contributed by atoms with Gasteiger partial charge in [-0.2, -0.15) is 0 Å². The molecule has 0 aromatic carbocycles. The Labute approximate surface area is 257 Å². The van der Waals surface area contributed by atoms with Crippen molar-refractivity contribution in [2.45, 2.75) is 174 Å². The molecule has 0 unspecified atom stereocenters. The topological polar surface area (TPSA) is 125 Å². The van der Waals surface area contributed by atoms with Crippen molar-refractivity contribution in [2.75, 3.05) is 13.2 Å². The minimum Gasteiger partial charge on any atom is -0.790 e. The average Bonchev–Trinajstić information content (AvgIpc) is 2.95. The van der Waals surface area contributed by atoms with Crippen LogP contribution in [-0.4, -0.2) is 31.3 Å². The van der Waals surface area contributed by atoms with E-state index in [-0.39, 0.29) is 19.4 Å². The number of rotatable bonds is 31. The van der Waals surface area contributed by atoms with Crippen molar-refractivity contribution >= 4 is 19.8 Å². The Kier molecular flexibility index (Phi) is 29.0. The Morgan fingerprint density at radius 2 is 1.00 bits per heavy atom. The van der Waals surface area contributed by atoms with Crippen LogP contribution in [0.4, 0.5) is 0 Å². The lowest BCUT2D eigenvalue weighted by Gasteiger charge is -2.30. The predicted molar refractivity (Wildman–Crippen MR) is 166 cm³/mol. The number of allylic oxidation sites excluding steroid dienone is 2. The number of ether oxygens (including phenoxy) is 2. The number of carbonyl (C=O) groups is 2. The maximum Gasteiger partial charge on any atom is 0.306 e. The summed E-state index contributed by atoms with van der Waals surface area (Å²) in [7, 11) is -5.24. The first-order chi connectivity index (χ1) is 20.3. The largest absolute Gasteiger partial charge is 0.790 e. The van der Waals surface area contributed by atoms with Crippen LogP contribution in [0.25, 0.3) is 0 Å². The maximum absolute atomic E-state index is 12.3. The minimum atomic E-state index is -5.24. The van der Waals surface area contributed by atoms with Gasteiger partial charge in [0.1, 0.15) is 6.61 Å². The second-order valence-corrected chi connectivity index (χ2v) is 12.6. The standard InChI is InChI=1S/C33H63O8P/c1-3-5-7-9-11-13-15-16-18-20-22-24-26-28-33(35)41-31(30-40-42(36,37)38)29-39-32(34)27-25-23-21-19-17-14-12-10-8-6-4-2/h13,15,31H,3-12,14,16-30H2,1-2H3,(H2,36,37,38)/p-2/b15-13-/t31-/m1/s1. The number of phosphoric ester groups is 1. The van der Waals surface area contributed by atoms with Crippen molar-refractivity contribution in [1.29, 1.82) is 0 Å². The van der Waals surface area contributed by atoms with Crippen LogP contribution in [0.2, 0.25) is 0 Å². The molecule has 0 aliphatic carbocycles. The highest BCUT2D eigenvalue weighted by molar-refractivity contribution is 7.43. The van der Waals surface area contributed by atoms with Crippen LogP contribution in [0.15, 0.2) is 12.2 Å². The molecule has 0 saturated heterocycles. The van der Waals surface area contributed by atoms with Gasteiger partial charge in [0, 0.05) is 12.8 Å². The van der Waals surface area contributed by atoms with Crippen molar-refractivity contribution in [3.63, 3.8) is 0 Å². The number of phosphoric acid groups is 1. The summed E-state index contributed by atoms with van der Waals surface area (Å²) < 4.78 is 25.6. The molecule has 0 spiro atoms. The molecule has 248 valence electrons. The van der Waals surface area contributed by atoms with Crippen molar-refractivity contribution in [3.8, 4) is 0 Å². The van der Waals surface area contributed by atoms with Gasteiger partial charge in [-0.25, -0.2) is 0 Å². The zero-order chi connectivity index (χ0) is 31.2. The smallest absolute Gasteiger partial charge is 0.306 e. The predicted octanol–water partition coefficient (Wildman–Crippen LogP) is 8.25. The Morgan fingerprint density at radius 3 is 1.48 bits per heavy atom. The molecule has 1 atom stereocenters. The molecule has 0 aliphatic heterocycles. The molecule has 0 radical (unpaired) electrons. The monoisotopic (exact) mass is 616 g/mol. The van der Waals surface area contributed by atoms with E-state index in [4.69, 9.17) is 9.47 Å². The van der Waals surface area contributed by atoms with Gasteiger partial charge in [0.25, 0.3) is 0 Å².